The van der Waals surface area contributed by atoms with Crippen molar-refractivity contribution in [1.82, 2.24) is 10.3 Å². The molecule has 0 saturated carbocycles. The smallest absolute Gasteiger partial charge is 0.107 e. The summed E-state index contributed by atoms with van der Waals surface area (Å²) < 4.78 is 0. The molecule has 0 amide bonds. The molecule has 0 bridgehead atoms. The molecular weight excluding hydrogens is 236 g/mol. The van der Waals surface area contributed by atoms with Crippen LogP contribution in [0.3, 0.4) is 0 Å². The fourth-order valence-corrected chi connectivity index (χ4v) is 4.83. The summed E-state index contributed by atoms with van der Waals surface area (Å²) in [6, 6.07) is 0. The number of fused-ring (bicyclic) bond motifs is 1. The minimum atomic E-state index is 0.854. The molecule has 2 heterocycles. The van der Waals surface area contributed by atoms with E-state index in [2.05, 4.69) is 17.1 Å². The Hall–Kier alpha value is -0.0600. The van der Waals surface area contributed by atoms with Gasteiger partial charge >= 0.3 is 0 Å². The third-order valence-corrected chi connectivity index (χ3v) is 5.87. The lowest BCUT2D eigenvalue weighted by Gasteiger charge is -2.08. The van der Waals surface area contributed by atoms with Crippen molar-refractivity contribution in [2.75, 3.05) is 12.3 Å². The van der Waals surface area contributed by atoms with E-state index in [1.807, 2.05) is 11.3 Å². The monoisotopic (exact) mass is 254 g/mol. The van der Waals surface area contributed by atoms with E-state index in [1.165, 1.54) is 48.6 Å². The van der Waals surface area contributed by atoms with Crippen LogP contribution in [0.25, 0.3) is 0 Å². The third-order valence-electron chi connectivity index (χ3n) is 3.31. The third kappa shape index (κ3) is 2.44. The molecule has 16 heavy (non-hydrogen) atoms. The molecule has 2 aliphatic rings. The van der Waals surface area contributed by atoms with Crippen molar-refractivity contribution in [3.05, 3.63) is 15.6 Å². The van der Waals surface area contributed by atoms with Crippen LogP contribution < -0.4 is 5.32 Å². The Balaban J connectivity index is 1.47. The molecule has 4 heteroatoms. The van der Waals surface area contributed by atoms with E-state index >= 15 is 0 Å². The van der Waals surface area contributed by atoms with Gasteiger partial charge in [-0.1, -0.05) is 0 Å². The molecule has 1 fully saturated rings. The van der Waals surface area contributed by atoms with E-state index in [1.54, 1.807) is 4.88 Å². The van der Waals surface area contributed by atoms with Gasteiger partial charge in [0.15, 0.2) is 0 Å². The van der Waals surface area contributed by atoms with Gasteiger partial charge in [-0.2, -0.15) is 11.8 Å². The van der Waals surface area contributed by atoms with Crippen molar-refractivity contribution in [2.24, 2.45) is 0 Å². The zero-order valence-corrected chi connectivity index (χ0v) is 11.1. The molecule has 1 aromatic rings. The van der Waals surface area contributed by atoms with Crippen molar-refractivity contribution in [3.8, 4) is 0 Å². The molecule has 88 valence electrons. The molecule has 3 rings (SSSR count). The number of nitrogens with zero attached hydrogens (tertiary/aromatic N) is 1. The number of aromatic nitrogens is 1. The second-order valence-corrected chi connectivity index (χ2v) is 7.17. The molecule has 1 aliphatic carbocycles. The van der Waals surface area contributed by atoms with Crippen LogP contribution in [0, 0.1) is 0 Å². The predicted octanol–water partition coefficient (Wildman–Crippen LogP) is 2.62. The summed E-state index contributed by atoms with van der Waals surface area (Å²) in [6.45, 7) is 2.14. The summed E-state index contributed by atoms with van der Waals surface area (Å²) in [4.78, 5) is 6.25. The highest BCUT2D eigenvalue weighted by atomic mass is 32.2. The van der Waals surface area contributed by atoms with Crippen LogP contribution in [0.15, 0.2) is 0 Å². The summed E-state index contributed by atoms with van der Waals surface area (Å²) in [5.41, 5.74) is 1.39. The number of aryl methyl sites for hydroxylation is 2. The Morgan fingerprint density at radius 2 is 2.31 bits per heavy atom. The molecule has 1 atom stereocenters. The normalized spacial score (nSPS) is 23.9. The topological polar surface area (TPSA) is 24.9 Å². The van der Waals surface area contributed by atoms with Crippen LogP contribution in [0.4, 0.5) is 0 Å². The average molecular weight is 254 g/mol. The van der Waals surface area contributed by atoms with Gasteiger partial charge in [-0.3, -0.25) is 0 Å². The van der Waals surface area contributed by atoms with Crippen LogP contribution in [0.5, 0.6) is 0 Å². The van der Waals surface area contributed by atoms with Gasteiger partial charge in [-0.05, 0) is 37.9 Å². The van der Waals surface area contributed by atoms with Gasteiger partial charge in [0.25, 0.3) is 0 Å². The Bertz CT molecular complexity index is 334. The van der Waals surface area contributed by atoms with Crippen LogP contribution >= 0.6 is 23.1 Å². The quantitative estimate of drug-likeness (QED) is 0.894. The molecule has 1 N–H and O–H groups in total. The first-order chi connectivity index (χ1) is 7.92. The molecule has 0 aromatic carbocycles. The number of nitrogens with one attached hydrogen (secondary N) is 1. The largest absolute Gasteiger partial charge is 0.309 e. The Morgan fingerprint density at radius 3 is 3.12 bits per heavy atom. The van der Waals surface area contributed by atoms with Crippen LogP contribution in [0.1, 0.15) is 34.8 Å². The van der Waals surface area contributed by atoms with Crippen molar-refractivity contribution < 1.29 is 0 Å². The molecule has 1 aliphatic heterocycles. The Morgan fingerprint density at radius 1 is 1.31 bits per heavy atom. The molecule has 0 spiro atoms. The minimum absolute atomic E-state index is 0.854. The van der Waals surface area contributed by atoms with E-state index in [-0.39, 0.29) is 0 Å². The number of hydrogen-bond donors (Lipinski definition) is 1. The first-order valence-corrected chi connectivity index (χ1v) is 8.08. The number of thiazole rings is 1. The van der Waals surface area contributed by atoms with Gasteiger partial charge in [-0.15, -0.1) is 11.3 Å². The second kappa shape index (κ2) is 5.07. The maximum Gasteiger partial charge on any atom is 0.107 e. The van der Waals surface area contributed by atoms with Gasteiger partial charge in [0.1, 0.15) is 5.01 Å². The maximum atomic E-state index is 4.70. The summed E-state index contributed by atoms with van der Waals surface area (Å²) in [5, 5.41) is 5.71. The molecule has 1 aromatic heterocycles. The summed E-state index contributed by atoms with van der Waals surface area (Å²) in [6.07, 6.45) is 6.60. The first kappa shape index (κ1) is 11.1. The van der Waals surface area contributed by atoms with Gasteiger partial charge in [-0.25, -0.2) is 4.98 Å². The van der Waals surface area contributed by atoms with Crippen LogP contribution in [-0.4, -0.2) is 22.5 Å². The lowest BCUT2D eigenvalue weighted by atomic mass is 10.2. The number of thioether (sulfide) groups is 1. The summed E-state index contributed by atoms with van der Waals surface area (Å²) >= 11 is 4.05. The lowest BCUT2D eigenvalue weighted by Crippen LogP contribution is -2.22. The standard InChI is InChI=1S/C12H18N2S2/c1-4-10-11(5-1)16-12(14-10)8-13-7-9-3-2-6-15-9/h9,13H,1-8H2. The van der Waals surface area contributed by atoms with E-state index in [9.17, 15) is 0 Å². The maximum absolute atomic E-state index is 4.70. The van der Waals surface area contributed by atoms with Gasteiger partial charge in [0.05, 0.1) is 5.69 Å². The molecule has 1 saturated heterocycles. The second-order valence-electron chi connectivity index (χ2n) is 4.60. The summed E-state index contributed by atoms with van der Waals surface area (Å²) in [5.74, 6) is 1.36. The Kier molecular flexibility index (Phi) is 3.50. The zero-order valence-electron chi connectivity index (χ0n) is 9.50. The molecule has 2 nitrogen and oxygen atoms in total. The fraction of sp³-hybridized carbons (Fsp3) is 0.750. The van der Waals surface area contributed by atoms with Crippen LogP contribution in [0.2, 0.25) is 0 Å². The highest BCUT2D eigenvalue weighted by Gasteiger charge is 2.17. The van der Waals surface area contributed by atoms with Gasteiger partial charge in [0.2, 0.25) is 0 Å². The van der Waals surface area contributed by atoms with Crippen molar-refractivity contribution in [3.63, 3.8) is 0 Å². The minimum Gasteiger partial charge on any atom is -0.309 e. The zero-order chi connectivity index (χ0) is 10.8. The SMILES string of the molecule is C1Cc2nc(CNCC3CCCS3)sc2C1. The van der Waals surface area contributed by atoms with Gasteiger partial charge in [0, 0.05) is 23.2 Å². The Labute approximate surface area is 105 Å². The van der Waals surface area contributed by atoms with E-state index in [0.29, 0.717) is 0 Å². The van der Waals surface area contributed by atoms with Crippen LogP contribution in [-0.2, 0) is 19.4 Å². The fourth-order valence-electron chi connectivity index (χ4n) is 2.46. The highest BCUT2D eigenvalue weighted by molar-refractivity contribution is 8.00. The average Bonchev–Trinajstić information content (AvgIpc) is 2.91. The van der Waals surface area contributed by atoms with E-state index in [4.69, 9.17) is 4.98 Å². The van der Waals surface area contributed by atoms with Gasteiger partial charge < -0.3 is 5.32 Å². The van der Waals surface area contributed by atoms with E-state index in [0.717, 1.165) is 18.3 Å². The lowest BCUT2D eigenvalue weighted by molar-refractivity contribution is 0.643. The number of hydrogen-bond acceptors (Lipinski definition) is 4. The first-order valence-electron chi connectivity index (χ1n) is 6.21. The highest BCUT2D eigenvalue weighted by Crippen LogP contribution is 2.28. The molecular formula is C12H18N2S2. The molecule has 1 unspecified atom stereocenters. The van der Waals surface area contributed by atoms with Crippen molar-refractivity contribution in [2.45, 2.75) is 43.9 Å². The predicted molar refractivity (Wildman–Crippen MR) is 71.3 cm³/mol. The molecule has 0 radical (unpaired) electrons. The van der Waals surface area contributed by atoms with E-state index < -0.39 is 0 Å². The van der Waals surface area contributed by atoms with Crippen molar-refractivity contribution in [1.29, 1.82) is 0 Å². The van der Waals surface area contributed by atoms with Crippen molar-refractivity contribution >= 4 is 23.1 Å². The summed E-state index contributed by atoms with van der Waals surface area (Å²) in [7, 11) is 0. The number of rotatable bonds is 4.